The lowest BCUT2D eigenvalue weighted by molar-refractivity contribution is -0.196. The van der Waals surface area contributed by atoms with E-state index in [-0.39, 0.29) is 17.7 Å². The molecule has 0 saturated heterocycles. The molecule has 0 fully saturated rings. The van der Waals surface area contributed by atoms with E-state index >= 15 is 0 Å². The van der Waals surface area contributed by atoms with Crippen molar-refractivity contribution < 1.29 is 44.9 Å². The Kier molecular flexibility index (Phi) is 6.81. The highest BCUT2D eigenvalue weighted by molar-refractivity contribution is 5.66. The first-order valence-corrected chi connectivity index (χ1v) is 9.16. The molecule has 3 aromatic rings. The Hall–Kier alpha value is -3.43. The van der Waals surface area contributed by atoms with Gasteiger partial charge in [-0.1, -0.05) is 12.1 Å². The topological polar surface area (TPSA) is 27.7 Å². The van der Waals surface area contributed by atoms with Crippen LogP contribution in [0.15, 0.2) is 48.5 Å². The van der Waals surface area contributed by atoms with E-state index in [2.05, 4.69) is 9.47 Å². The van der Waals surface area contributed by atoms with Gasteiger partial charge in [-0.3, -0.25) is 0 Å². The summed E-state index contributed by atoms with van der Waals surface area (Å²) in [4.78, 5) is 0. The van der Waals surface area contributed by atoms with Crippen molar-refractivity contribution in [2.45, 2.75) is 13.0 Å². The van der Waals surface area contributed by atoms with Gasteiger partial charge in [0.1, 0.15) is 11.5 Å². The Morgan fingerprint density at radius 1 is 0.719 bits per heavy atom. The summed E-state index contributed by atoms with van der Waals surface area (Å²) in [6.07, 6.45) is -4.20. The molecule has 0 unspecified atom stereocenters. The molecule has 0 radical (unpaired) electrons. The van der Waals surface area contributed by atoms with Crippen LogP contribution in [0.2, 0.25) is 0 Å². The van der Waals surface area contributed by atoms with Crippen LogP contribution in [0, 0.1) is 29.1 Å². The highest BCUT2D eigenvalue weighted by Gasteiger charge is 2.34. The molecule has 0 atom stereocenters. The van der Waals surface area contributed by atoms with Gasteiger partial charge < -0.3 is 14.2 Å². The molecule has 0 aliphatic carbocycles. The van der Waals surface area contributed by atoms with Gasteiger partial charge in [-0.25, -0.2) is 17.6 Å². The zero-order valence-electron chi connectivity index (χ0n) is 16.4. The number of benzene rings is 3. The quantitative estimate of drug-likeness (QED) is 0.284. The predicted molar refractivity (Wildman–Crippen MR) is 100 cm³/mol. The van der Waals surface area contributed by atoms with Gasteiger partial charge in [-0.15, -0.1) is 0 Å². The van der Waals surface area contributed by atoms with E-state index in [1.807, 2.05) is 0 Å². The third kappa shape index (κ3) is 5.24. The standard InChI is InChI=1S/C22H15F7O3/c1-2-30-13-5-3-12(4-6-13)15-7-8-18(21(27)19(15)25)31-11-22(28,29)32-14-9-16(23)20(26)17(24)10-14/h3-10H,2,11H2,1H3. The summed E-state index contributed by atoms with van der Waals surface area (Å²) in [6.45, 7) is 0.590. The van der Waals surface area contributed by atoms with Crippen LogP contribution < -0.4 is 14.2 Å². The molecule has 3 aromatic carbocycles. The Balaban J connectivity index is 1.73. The number of rotatable bonds is 8. The largest absolute Gasteiger partial charge is 0.494 e. The molecular formula is C22H15F7O3. The molecule has 32 heavy (non-hydrogen) atoms. The molecule has 170 valence electrons. The molecule has 10 heteroatoms. The van der Waals surface area contributed by atoms with E-state index < -0.39 is 53.3 Å². The summed E-state index contributed by atoms with van der Waals surface area (Å²) in [7, 11) is 0. The molecule has 0 N–H and O–H groups in total. The lowest BCUT2D eigenvalue weighted by Crippen LogP contribution is -2.32. The van der Waals surface area contributed by atoms with Crippen molar-refractivity contribution >= 4 is 0 Å². The second-order valence-corrected chi connectivity index (χ2v) is 6.43. The summed E-state index contributed by atoms with van der Waals surface area (Å²) in [5, 5.41) is 0. The molecule has 0 amide bonds. The van der Waals surface area contributed by atoms with Crippen molar-refractivity contribution in [2.75, 3.05) is 13.2 Å². The lowest BCUT2D eigenvalue weighted by Gasteiger charge is -2.19. The average Bonchev–Trinajstić information content (AvgIpc) is 2.74. The molecule has 0 spiro atoms. The second kappa shape index (κ2) is 9.37. The molecule has 3 nitrogen and oxygen atoms in total. The Morgan fingerprint density at radius 3 is 1.94 bits per heavy atom. The summed E-state index contributed by atoms with van der Waals surface area (Å²) >= 11 is 0. The van der Waals surface area contributed by atoms with Crippen LogP contribution in [-0.2, 0) is 0 Å². The predicted octanol–water partition coefficient (Wildman–Crippen LogP) is 6.50. The molecule has 0 bridgehead atoms. The van der Waals surface area contributed by atoms with E-state index in [9.17, 15) is 30.7 Å². The summed E-state index contributed by atoms with van der Waals surface area (Å²) in [5.74, 6) is -9.53. The number of halogens is 7. The van der Waals surface area contributed by atoms with Crippen molar-refractivity contribution in [3.63, 3.8) is 0 Å². The van der Waals surface area contributed by atoms with Crippen molar-refractivity contribution in [3.8, 4) is 28.4 Å². The van der Waals surface area contributed by atoms with Gasteiger partial charge in [-0.2, -0.15) is 13.2 Å². The van der Waals surface area contributed by atoms with Gasteiger partial charge in [0.25, 0.3) is 0 Å². The molecule has 3 rings (SSSR count). The van der Waals surface area contributed by atoms with Gasteiger partial charge in [0.05, 0.1) is 6.61 Å². The van der Waals surface area contributed by atoms with Crippen LogP contribution in [-0.4, -0.2) is 19.3 Å². The summed E-state index contributed by atoms with van der Waals surface area (Å²) < 4.78 is 110. The van der Waals surface area contributed by atoms with Crippen molar-refractivity contribution in [3.05, 3.63) is 77.6 Å². The van der Waals surface area contributed by atoms with Gasteiger partial charge in [0.2, 0.25) is 5.82 Å². The number of ether oxygens (including phenoxy) is 3. The first-order valence-electron chi connectivity index (χ1n) is 9.16. The van der Waals surface area contributed by atoms with Crippen LogP contribution in [0.3, 0.4) is 0 Å². The fourth-order valence-corrected chi connectivity index (χ4v) is 2.72. The van der Waals surface area contributed by atoms with Gasteiger partial charge in [-0.05, 0) is 36.8 Å². The highest BCUT2D eigenvalue weighted by Crippen LogP contribution is 2.32. The maximum atomic E-state index is 14.5. The van der Waals surface area contributed by atoms with Crippen LogP contribution in [0.4, 0.5) is 30.7 Å². The summed E-state index contributed by atoms with van der Waals surface area (Å²) in [5.41, 5.74) is 0.170. The Morgan fingerprint density at radius 2 is 1.34 bits per heavy atom. The first kappa shape index (κ1) is 23.2. The lowest BCUT2D eigenvalue weighted by atomic mass is 10.0. The number of hydrogen-bond acceptors (Lipinski definition) is 3. The maximum Gasteiger partial charge on any atom is 0.433 e. The Bertz CT molecular complexity index is 1080. The fraction of sp³-hybridized carbons (Fsp3) is 0.182. The molecule has 0 aromatic heterocycles. The molecule has 0 heterocycles. The average molecular weight is 460 g/mol. The highest BCUT2D eigenvalue weighted by atomic mass is 19.3. The van der Waals surface area contributed by atoms with E-state index in [0.717, 1.165) is 12.1 Å². The van der Waals surface area contributed by atoms with Crippen LogP contribution in [0.5, 0.6) is 17.2 Å². The molecule has 0 aliphatic rings. The van der Waals surface area contributed by atoms with Crippen LogP contribution in [0.25, 0.3) is 11.1 Å². The third-order valence-electron chi connectivity index (χ3n) is 4.14. The van der Waals surface area contributed by atoms with E-state index in [1.54, 1.807) is 19.1 Å². The van der Waals surface area contributed by atoms with E-state index in [4.69, 9.17) is 4.74 Å². The molecular weight excluding hydrogens is 445 g/mol. The van der Waals surface area contributed by atoms with Gasteiger partial charge in [0.15, 0.2) is 35.6 Å². The number of hydrogen-bond donors (Lipinski definition) is 0. The zero-order valence-corrected chi connectivity index (χ0v) is 16.4. The molecule has 0 aliphatic heterocycles. The molecule has 0 saturated carbocycles. The number of alkyl halides is 2. The third-order valence-corrected chi connectivity index (χ3v) is 4.14. The van der Waals surface area contributed by atoms with E-state index in [1.165, 1.54) is 12.1 Å². The summed E-state index contributed by atoms with van der Waals surface area (Å²) in [6, 6.07) is 8.58. The van der Waals surface area contributed by atoms with Crippen molar-refractivity contribution in [1.82, 2.24) is 0 Å². The minimum Gasteiger partial charge on any atom is -0.494 e. The fourth-order valence-electron chi connectivity index (χ4n) is 2.72. The smallest absolute Gasteiger partial charge is 0.433 e. The van der Waals surface area contributed by atoms with E-state index in [0.29, 0.717) is 17.9 Å². The Labute approximate surface area is 178 Å². The monoisotopic (exact) mass is 460 g/mol. The van der Waals surface area contributed by atoms with Gasteiger partial charge >= 0.3 is 6.11 Å². The van der Waals surface area contributed by atoms with Crippen molar-refractivity contribution in [1.29, 1.82) is 0 Å². The first-order chi connectivity index (χ1) is 15.1. The van der Waals surface area contributed by atoms with Gasteiger partial charge in [0, 0.05) is 17.7 Å². The minimum absolute atomic E-state index is 0.141. The normalized spacial score (nSPS) is 11.4. The minimum atomic E-state index is -4.20. The van der Waals surface area contributed by atoms with Crippen LogP contribution in [0.1, 0.15) is 6.92 Å². The SMILES string of the molecule is CCOc1ccc(-c2ccc(OCC(F)(F)Oc3cc(F)c(F)c(F)c3)c(F)c2F)cc1. The second-order valence-electron chi connectivity index (χ2n) is 6.43. The van der Waals surface area contributed by atoms with Crippen LogP contribution >= 0.6 is 0 Å². The van der Waals surface area contributed by atoms with Crippen molar-refractivity contribution in [2.24, 2.45) is 0 Å². The zero-order chi connectivity index (χ0) is 23.5. The maximum absolute atomic E-state index is 14.5.